The first kappa shape index (κ1) is 19.3. The van der Waals surface area contributed by atoms with Crippen LogP contribution in [0, 0.1) is 0 Å². The molecule has 0 saturated heterocycles. The van der Waals surface area contributed by atoms with E-state index in [-0.39, 0.29) is 35.3 Å². The van der Waals surface area contributed by atoms with Gasteiger partial charge in [0, 0.05) is 24.1 Å². The molecule has 3 rings (SSSR count). The Balaban J connectivity index is 1.53. The van der Waals surface area contributed by atoms with Gasteiger partial charge in [0.15, 0.2) is 5.78 Å². The zero-order chi connectivity index (χ0) is 19.4. The van der Waals surface area contributed by atoms with Crippen molar-refractivity contribution in [2.45, 2.75) is 38.7 Å². The molecule has 0 spiro atoms. The Labute approximate surface area is 160 Å². The van der Waals surface area contributed by atoms with Crippen LogP contribution in [0.15, 0.2) is 36.4 Å². The fourth-order valence-corrected chi connectivity index (χ4v) is 3.34. The van der Waals surface area contributed by atoms with Gasteiger partial charge in [-0.2, -0.15) is 8.78 Å². The van der Waals surface area contributed by atoms with Crippen LogP contribution in [0.2, 0.25) is 5.02 Å². The first-order chi connectivity index (χ1) is 12.9. The number of carbonyl (C=O) groups is 2. The lowest BCUT2D eigenvalue weighted by molar-refractivity contribution is -0.116. The predicted molar refractivity (Wildman–Crippen MR) is 98.7 cm³/mol. The van der Waals surface area contributed by atoms with Gasteiger partial charge in [-0.3, -0.25) is 9.59 Å². The average Bonchev–Trinajstić information content (AvgIpc) is 3.09. The Hall–Kier alpha value is -2.47. The van der Waals surface area contributed by atoms with Gasteiger partial charge in [-0.15, -0.1) is 0 Å². The normalized spacial score (nSPS) is 12.7. The monoisotopic (exact) mass is 393 g/mol. The molecule has 1 N–H and O–H groups in total. The summed E-state index contributed by atoms with van der Waals surface area (Å²) in [6.45, 7) is -2.98. The number of anilines is 1. The lowest BCUT2D eigenvalue weighted by Crippen LogP contribution is -2.13. The van der Waals surface area contributed by atoms with E-state index in [2.05, 4.69) is 10.1 Å². The van der Waals surface area contributed by atoms with Crippen molar-refractivity contribution in [2.75, 3.05) is 5.32 Å². The second-order valence-electron chi connectivity index (χ2n) is 6.33. The van der Waals surface area contributed by atoms with Crippen LogP contribution in [0.4, 0.5) is 14.5 Å². The highest BCUT2D eigenvalue weighted by Gasteiger charge is 2.15. The van der Waals surface area contributed by atoms with Gasteiger partial charge in [0.2, 0.25) is 5.91 Å². The summed E-state index contributed by atoms with van der Waals surface area (Å²) in [6, 6.07) is 9.69. The molecule has 7 heteroatoms. The molecule has 0 heterocycles. The molecule has 0 bridgehead atoms. The first-order valence-corrected chi connectivity index (χ1v) is 8.99. The second-order valence-corrected chi connectivity index (χ2v) is 6.74. The zero-order valence-electron chi connectivity index (χ0n) is 14.4. The van der Waals surface area contributed by atoms with Crippen LogP contribution in [-0.2, 0) is 17.6 Å². The number of rotatable bonds is 7. The van der Waals surface area contributed by atoms with Gasteiger partial charge in [0.1, 0.15) is 5.75 Å². The van der Waals surface area contributed by atoms with Gasteiger partial charge in [-0.25, -0.2) is 0 Å². The van der Waals surface area contributed by atoms with Crippen molar-refractivity contribution < 1.29 is 23.1 Å². The summed E-state index contributed by atoms with van der Waals surface area (Å²) in [4.78, 5) is 24.4. The van der Waals surface area contributed by atoms with Crippen LogP contribution < -0.4 is 10.1 Å². The fraction of sp³-hybridized carbons (Fsp3) is 0.300. The van der Waals surface area contributed by atoms with E-state index < -0.39 is 6.61 Å². The smallest absolute Gasteiger partial charge is 0.387 e. The molecule has 1 aliphatic carbocycles. The van der Waals surface area contributed by atoms with E-state index in [4.69, 9.17) is 11.6 Å². The molecule has 142 valence electrons. The van der Waals surface area contributed by atoms with Gasteiger partial charge in [-0.05, 0) is 54.7 Å². The highest BCUT2D eigenvalue weighted by atomic mass is 35.5. The van der Waals surface area contributed by atoms with Gasteiger partial charge in [0.05, 0.1) is 5.02 Å². The van der Waals surface area contributed by atoms with Crippen molar-refractivity contribution in [1.82, 2.24) is 0 Å². The summed E-state index contributed by atoms with van der Waals surface area (Å²) in [6.07, 6.45) is 3.26. The van der Waals surface area contributed by atoms with Crippen molar-refractivity contribution in [1.29, 1.82) is 0 Å². The number of ether oxygens (including phenoxy) is 1. The summed E-state index contributed by atoms with van der Waals surface area (Å²) >= 11 is 5.85. The van der Waals surface area contributed by atoms with E-state index in [1.165, 1.54) is 29.3 Å². The quantitative estimate of drug-likeness (QED) is 0.671. The highest BCUT2D eigenvalue weighted by molar-refractivity contribution is 6.32. The number of amides is 1. The van der Waals surface area contributed by atoms with Gasteiger partial charge >= 0.3 is 6.61 Å². The largest absolute Gasteiger partial charge is 0.433 e. The summed E-state index contributed by atoms with van der Waals surface area (Å²) in [7, 11) is 0. The third-order valence-corrected chi connectivity index (χ3v) is 4.73. The fourth-order valence-electron chi connectivity index (χ4n) is 3.11. The number of benzene rings is 2. The molecule has 1 aliphatic rings. The Morgan fingerprint density at radius 1 is 1.07 bits per heavy atom. The number of hydrogen-bond acceptors (Lipinski definition) is 3. The number of ketones is 1. The zero-order valence-corrected chi connectivity index (χ0v) is 15.2. The van der Waals surface area contributed by atoms with Gasteiger partial charge in [-0.1, -0.05) is 23.7 Å². The Kier molecular flexibility index (Phi) is 6.06. The van der Waals surface area contributed by atoms with Crippen molar-refractivity contribution in [2.24, 2.45) is 0 Å². The molecule has 0 aromatic heterocycles. The Bertz CT molecular complexity index is 870. The molecule has 0 atom stereocenters. The lowest BCUT2D eigenvalue weighted by atomic mass is 10.0. The first-order valence-electron chi connectivity index (χ1n) is 8.61. The van der Waals surface area contributed by atoms with Gasteiger partial charge in [0.25, 0.3) is 0 Å². The molecule has 2 aromatic carbocycles. The maximum atomic E-state index is 12.3. The van der Waals surface area contributed by atoms with Crippen LogP contribution in [0.1, 0.15) is 40.7 Å². The molecule has 2 aromatic rings. The molecule has 0 radical (unpaired) electrons. The summed E-state index contributed by atoms with van der Waals surface area (Å²) in [5.74, 6) is -0.613. The standard InChI is InChI=1S/C20H18ClF2NO3/c21-16-11-15(6-8-18(16)27-20(22)23)24-19(26)9-7-17(25)14-5-4-12-2-1-3-13(12)10-14/h4-6,8,10-11,20H,1-3,7,9H2,(H,24,26). The molecular weight excluding hydrogens is 376 g/mol. The molecule has 1 amide bonds. The molecule has 0 aliphatic heterocycles. The number of aryl methyl sites for hydroxylation is 2. The van der Waals surface area contributed by atoms with Crippen LogP contribution in [-0.4, -0.2) is 18.3 Å². The predicted octanol–water partition coefficient (Wildman–Crippen LogP) is 5.03. The molecule has 4 nitrogen and oxygen atoms in total. The van der Waals surface area contributed by atoms with E-state index in [1.54, 1.807) is 0 Å². The number of Topliss-reactive ketones (excluding diaryl/α,β-unsaturated/α-hetero) is 1. The molecule has 27 heavy (non-hydrogen) atoms. The topological polar surface area (TPSA) is 55.4 Å². The second kappa shape index (κ2) is 8.48. The Morgan fingerprint density at radius 2 is 1.85 bits per heavy atom. The number of carbonyl (C=O) groups excluding carboxylic acids is 2. The van der Waals surface area contributed by atoms with Crippen molar-refractivity contribution >= 4 is 29.0 Å². The molecular formula is C20H18ClF2NO3. The van der Waals surface area contributed by atoms with Crippen molar-refractivity contribution in [3.63, 3.8) is 0 Å². The van der Waals surface area contributed by atoms with Crippen molar-refractivity contribution in [3.8, 4) is 5.75 Å². The SMILES string of the molecule is O=C(CCC(=O)c1ccc2c(c1)CCC2)Nc1ccc(OC(F)F)c(Cl)c1. The van der Waals surface area contributed by atoms with Crippen LogP contribution in [0.3, 0.4) is 0 Å². The third kappa shape index (κ3) is 5.04. The van der Waals surface area contributed by atoms with Crippen LogP contribution in [0.25, 0.3) is 0 Å². The molecule has 0 unspecified atom stereocenters. The summed E-state index contributed by atoms with van der Waals surface area (Å²) in [5, 5.41) is 2.55. The minimum atomic E-state index is -2.98. The molecule has 0 saturated carbocycles. The van der Waals surface area contributed by atoms with Crippen molar-refractivity contribution in [3.05, 3.63) is 58.1 Å². The van der Waals surface area contributed by atoms with Gasteiger partial charge < -0.3 is 10.1 Å². The lowest BCUT2D eigenvalue weighted by Gasteiger charge is -2.09. The maximum Gasteiger partial charge on any atom is 0.387 e. The Morgan fingerprint density at radius 3 is 2.59 bits per heavy atom. The van der Waals surface area contributed by atoms with Crippen LogP contribution in [0.5, 0.6) is 5.75 Å². The summed E-state index contributed by atoms with van der Waals surface area (Å²) < 4.78 is 28.7. The number of hydrogen-bond donors (Lipinski definition) is 1. The van der Waals surface area contributed by atoms with E-state index >= 15 is 0 Å². The number of fused-ring (bicyclic) bond motifs is 1. The molecule has 0 fully saturated rings. The highest BCUT2D eigenvalue weighted by Crippen LogP contribution is 2.29. The van der Waals surface area contributed by atoms with E-state index in [0.717, 1.165) is 19.3 Å². The number of alkyl halides is 2. The maximum absolute atomic E-state index is 12.3. The number of nitrogens with one attached hydrogen (secondary N) is 1. The van der Waals surface area contributed by atoms with E-state index in [1.807, 2.05) is 18.2 Å². The third-order valence-electron chi connectivity index (χ3n) is 4.43. The minimum absolute atomic E-state index is 0.0167. The van der Waals surface area contributed by atoms with E-state index in [9.17, 15) is 18.4 Å². The summed E-state index contributed by atoms with van der Waals surface area (Å²) in [5.41, 5.74) is 3.48. The minimum Gasteiger partial charge on any atom is -0.433 e. The average molecular weight is 394 g/mol. The van der Waals surface area contributed by atoms with E-state index in [0.29, 0.717) is 11.3 Å². The van der Waals surface area contributed by atoms with Crippen LogP contribution >= 0.6 is 11.6 Å². The number of halogens is 3.